The fraction of sp³-hybridized carbons (Fsp3) is 1.00. The van der Waals surface area contributed by atoms with Gasteiger partial charge < -0.3 is 0 Å². The van der Waals surface area contributed by atoms with Crippen molar-refractivity contribution in [3.8, 4) is 0 Å². The summed E-state index contributed by atoms with van der Waals surface area (Å²) < 4.78 is 21.9. The Bertz CT molecular complexity index is 224. The predicted molar refractivity (Wildman–Crippen MR) is 37.7 cm³/mol. The lowest BCUT2D eigenvalue weighted by Gasteiger charge is -2.16. The summed E-state index contributed by atoms with van der Waals surface area (Å²) >= 11 is 0. The smallest absolute Gasteiger partial charge is 0.152 e. The van der Waals surface area contributed by atoms with Crippen LogP contribution in [0.15, 0.2) is 0 Å². The molecule has 1 saturated heterocycles. The Hall–Kier alpha value is -0.130. The number of sulfone groups is 1. The molecule has 0 saturated carbocycles. The molecule has 0 aromatic rings. The zero-order chi connectivity index (χ0) is 7.83. The highest BCUT2D eigenvalue weighted by Gasteiger charge is 2.38. The largest absolute Gasteiger partial charge is 0.280 e. The number of hydrogen-bond acceptors (Lipinski definition) is 3. The Labute approximate surface area is 60.7 Å². The molecular weight excluding hydrogens is 152 g/mol. The highest BCUT2D eigenvalue weighted by Crippen LogP contribution is 2.20. The maximum atomic E-state index is 10.9. The second-order valence-electron chi connectivity index (χ2n) is 3.08. The van der Waals surface area contributed by atoms with Crippen molar-refractivity contribution in [2.24, 2.45) is 0 Å². The maximum Gasteiger partial charge on any atom is 0.152 e. The van der Waals surface area contributed by atoms with Gasteiger partial charge in [0.1, 0.15) is 0 Å². The molecule has 1 rings (SSSR count). The SMILES string of the molecule is CC1(N[NH3+])CCS(=O)(=O)C1. The van der Waals surface area contributed by atoms with Gasteiger partial charge in [0.25, 0.3) is 0 Å². The molecule has 0 radical (unpaired) electrons. The van der Waals surface area contributed by atoms with Crippen LogP contribution in [0.1, 0.15) is 13.3 Å². The normalized spacial score (nSPS) is 38.2. The summed E-state index contributed by atoms with van der Waals surface area (Å²) in [5.74, 6) is 4.01. The van der Waals surface area contributed by atoms with Crippen LogP contribution in [-0.2, 0) is 9.84 Å². The lowest BCUT2D eigenvalue weighted by Crippen LogP contribution is -2.73. The first-order chi connectivity index (χ1) is 4.47. The van der Waals surface area contributed by atoms with Gasteiger partial charge in [0.2, 0.25) is 0 Å². The first-order valence-corrected chi connectivity index (χ1v) is 5.04. The van der Waals surface area contributed by atoms with Crippen molar-refractivity contribution in [2.75, 3.05) is 11.5 Å². The minimum absolute atomic E-state index is 0.226. The molecule has 0 aliphatic carbocycles. The molecule has 0 aromatic carbocycles. The standard InChI is InChI=1S/C5H12N2O2S/c1-5(7-6)2-3-10(8,9)4-5/h7H,2-4,6H2,1H3/p+1. The number of hydrogen-bond donors (Lipinski definition) is 2. The highest BCUT2D eigenvalue weighted by atomic mass is 32.2. The van der Waals surface area contributed by atoms with E-state index in [-0.39, 0.29) is 11.3 Å². The molecule has 60 valence electrons. The van der Waals surface area contributed by atoms with E-state index in [4.69, 9.17) is 0 Å². The van der Waals surface area contributed by atoms with Crippen LogP contribution in [0.25, 0.3) is 0 Å². The van der Waals surface area contributed by atoms with Gasteiger partial charge in [-0.25, -0.2) is 8.42 Å². The first kappa shape index (κ1) is 7.97. The second kappa shape index (κ2) is 2.18. The average Bonchev–Trinajstić information content (AvgIpc) is 2.08. The average molecular weight is 165 g/mol. The van der Waals surface area contributed by atoms with Crippen molar-refractivity contribution in [1.82, 2.24) is 5.43 Å². The topological polar surface area (TPSA) is 73.8 Å². The van der Waals surface area contributed by atoms with Gasteiger partial charge in [-0.3, -0.25) is 5.84 Å². The monoisotopic (exact) mass is 165 g/mol. The van der Waals surface area contributed by atoms with E-state index in [2.05, 4.69) is 11.3 Å². The quantitative estimate of drug-likeness (QED) is 0.455. The fourth-order valence-electron chi connectivity index (χ4n) is 1.15. The lowest BCUT2D eigenvalue weighted by atomic mass is 10.0. The van der Waals surface area contributed by atoms with Crippen LogP contribution in [0.5, 0.6) is 0 Å². The third kappa shape index (κ3) is 1.47. The van der Waals surface area contributed by atoms with Crippen LogP contribution in [0.2, 0.25) is 0 Å². The Morgan fingerprint density at radius 3 is 2.40 bits per heavy atom. The molecule has 1 unspecified atom stereocenters. The Morgan fingerprint density at radius 2 is 2.20 bits per heavy atom. The van der Waals surface area contributed by atoms with Crippen molar-refractivity contribution in [1.29, 1.82) is 0 Å². The summed E-state index contributed by atoms with van der Waals surface area (Å²) in [4.78, 5) is 0. The zero-order valence-corrected chi connectivity index (χ0v) is 6.87. The van der Waals surface area contributed by atoms with E-state index in [9.17, 15) is 8.42 Å². The molecule has 1 heterocycles. The minimum atomic E-state index is -2.77. The summed E-state index contributed by atoms with van der Waals surface area (Å²) in [6, 6.07) is 0. The lowest BCUT2D eigenvalue weighted by molar-refractivity contribution is -0.460. The molecule has 0 spiro atoms. The van der Waals surface area contributed by atoms with E-state index >= 15 is 0 Å². The van der Waals surface area contributed by atoms with E-state index in [1.165, 1.54) is 0 Å². The van der Waals surface area contributed by atoms with E-state index in [1.807, 2.05) is 6.92 Å². The van der Waals surface area contributed by atoms with Crippen molar-refractivity contribution >= 4 is 9.84 Å². The van der Waals surface area contributed by atoms with Crippen molar-refractivity contribution in [3.63, 3.8) is 0 Å². The van der Waals surface area contributed by atoms with Crippen LogP contribution in [0.4, 0.5) is 0 Å². The van der Waals surface area contributed by atoms with Gasteiger partial charge in [-0.15, -0.1) is 0 Å². The predicted octanol–water partition coefficient (Wildman–Crippen LogP) is -1.69. The summed E-state index contributed by atoms with van der Waals surface area (Å²) in [5, 5.41) is 0. The van der Waals surface area contributed by atoms with Crippen molar-refractivity contribution in [3.05, 3.63) is 0 Å². The van der Waals surface area contributed by atoms with Gasteiger partial charge in [-0.2, -0.15) is 5.43 Å². The minimum Gasteiger partial charge on any atom is -0.280 e. The highest BCUT2D eigenvalue weighted by molar-refractivity contribution is 7.91. The molecule has 4 nitrogen and oxygen atoms in total. The fourth-order valence-corrected chi connectivity index (χ4v) is 3.27. The molecule has 1 fully saturated rings. The van der Waals surface area contributed by atoms with Gasteiger partial charge in [0, 0.05) is 0 Å². The summed E-state index contributed by atoms with van der Waals surface area (Å²) in [7, 11) is -2.77. The van der Waals surface area contributed by atoms with Crippen LogP contribution in [0, 0.1) is 0 Å². The van der Waals surface area contributed by atoms with Crippen LogP contribution < -0.4 is 11.3 Å². The molecule has 5 heteroatoms. The van der Waals surface area contributed by atoms with Gasteiger partial charge in [-0.05, 0) is 13.3 Å². The molecule has 1 aliphatic heterocycles. The Morgan fingerprint density at radius 1 is 1.60 bits per heavy atom. The van der Waals surface area contributed by atoms with Gasteiger partial charge >= 0.3 is 0 Å². The molecule has 1 atom stereocenters. The maximum absolute atomic E-state index is 10.9. The number of rotatable bonds is 1. The molecular formula is C5H13N2O2S+. The van der Waals surface area contributed by atoms with E-state index < -0.39 is 9.84 Å². The second-order valence-corrected chi connectivity index (χ2v) is 5.26. The zero-order valence-electron chi connectivity index (χ0n) is 6.05. The molecule has 10 heavy (non-hydrogen) atoms. The molecule has 0 bridgehead atoms. The van der Waals surface area contributed by atoms with Crippen LogP contribution in [-0.4, -0.2) is 25.5 Å². The van der Waals surface area contributed by atoms with Crippen molar-refractivity contribution in [2.45, 2.75) is 18.9 Å². The van der Waals surface area contributed by atoms with Crippen LogP contribution >= 0.6 is 0 Å². The Kier molecular flexibility index (Phi) is 1.74. The van der Waals surface area contributed by atoms with E-state index in [0.717, 1.165) is 0 Å². The van der Waals surface area contributed by atoms with E-state index in [1.54, 1.807) is 0 Å². The Balaban J connectivity index is 2.76. The van der Waals surface area contributed by atoms with Gasteiger partial charge in [0.05, 0.1) is 17.0 Å². The molecule has 1 aliphatic rings. The molecule has 4 N–H and O–H groups in total. The third-order valence-corrected chi connectivity index (χ3v) is 3.83. The first-order valence-electron chi connectivity index (χ1n) is 3.22. The number of nitrogens with one attached hydrogen (secondary N) is 1. The van der Waals surface area contributed by atoms with E-state index in [0.29, 0.717) is 12.2 Å². The van der Waals surface area contributed by atoms with Gasteiger partial charge in [0.15, 0.2) is 9.84 Å². The molecule has 0 amide bonds. The summed E-state index contributed by atoms with van der Waals surface area (Å²) in [6.07, 6.45) is 0.679. The summed E-state index contributed by atoms with van der Waals surface area (Å²) in [6.45, 7) is 1.88. The number of quaternary nitrogens is 1. The van der Waals surface area contributed by atoms with Crippen LogP contribution in [0.3, 0.4) is 0 Å². The third-order valence-electron chi connectivity index (χ3n) is 1.93. The summed E-state index contributed by atoms with van der Waals surface area (Å²) in [5.41, 5.74) is 2.49. The van der Waals surface area contributed by atoms with Gasteiger partial charge in [-0.1, -0.05) is 0 Å². The van der Waals surface area contributed by atoms with Crippen molar-refractivity contribution < 1.29 is 14.3 Å². The molecule has 0 aromatic heterocycles.